The predicted molar refractivity (Wildman–Crippen MR) is 69.4 cm³/mol. The van der Waals surface area contributed by atoms with E-state index in [0.717, 1.165) is 12.1 Å². The van der Waals surface area contributed by atoms with Gasteiger partial charge in [0.2, 0.25) is 11.8 Å². The zero-order valence-corrected chi connectivity index (χ0v) is 10.7. The number of hydrogen-bond donors (Lipinski definition) is 0. The van der Waals surface area contributed by atoms with Crippen LogP contribution in [0.1, 0.15) is 31.2 Å². The van der Waals surface area contributed by atoms with E-state index in [0.29, 0.717) is 19.4 Å². The quantitative estimate of drug-likeness (QED) is 0.762. The number of amides is 1. The highest BCUT2D eigenvalue weighted by molar-refractivity contribution is 5.97. The summed E-state index contributed by atoms with van der Waals surface area (Å²) < 4.78 is 26.3. The first kappa shape index (κ1) is 12.6. The van der Waals surface area contributed by atoms with E-state index in [9.17, 15) is 13.6 Å². The van der Waals surface area contributed by atoms with E-state index in [1.807, 2.05) is 24.3 Å². The Balaban J connectivity index is 1.73. The minimum Gasteiger partial charge on any atom is -0.312 e. The molecule has 1 aliphatic carbocycles. The van der Waals surface area contributed by atoms with Crippen molar-refractivity contribution < 1.29 is 13.6 Å². The van der Waals surface area contributed by atoms with Crippen LogP contribution in [0.3, 0.4) is 0 Å². The largest absolute Gasteiger partial charge is 0.312 e. The molecule has 1 aromatic carbocycles. The highest BCUT2D eigenvalue weighted by Gasteiger charge is 2.39. The van der Waals surface area contributed by atoms with Crippen LogP contribution < -0.4 is 4.90 Å². The number of fused-ring (bicyclic) bond motifs is 1. The van der Waals surface area contributed by atoms with E-state index in [-0.39, 0.29) is 24.7 Å². The smallest absolute Gasteiger partial charge is 0.248 e. The van der Waals surface area contributed by atoms with Crippen LogP contribution in [0.5, 0.6) is 0 Å². The third kappa shape index (κ3) is 2.36. The van der Waals surface area contributed by atoms with Crippen molar-refractivity contribution in [2.45, 2.75) is 38.0 Å². The maximum atomic E-state index is 13.1. The molecule has 2 aliphatic rings. The molecule has 1 aliphatic heterocycles. The fraction of sp³-hybridized carbons (Fsp3) is 0.533. The van der Waals surface area contributed by atoms with Gasteiger partial charge in [-0.3, -0.25) is 4.79 Å². The third-order valence-corrected chi connectivity index (χ3v) is 4.22. The van der Waals surface area contributed by atoms with Gasteiger partial charge in [0, 0.05) is 31.0 Å². The van der Waals surface area contributed by atoms with Gasteiger partial charge in [-0.05, 0) is 30.9 Å². The summed E-state index contributed by atoms with van der Waals surface area (Å²) in [7, 11) is 0. The number of hydrogen-bond acceptors (Lipinski definition) is 1. The van der Waals surface area contributed by atoms with Gasteiger partial charge < -0.3 is 4.90 Å². The number of halogens is 2. The first-order valence-corrected chi connectivity index (χ1v) is 6.84. The molecule has 0 saturated heterocycles. The Hall–Kier alpha value is -1.45. The first-order chi connectivity index (χ1) is 9.07. The fourth-order valence-corrected chi connectivity index (χ4v) is 3.07. The fourth-order valence-electron chi connectivity index (χ4n) is 3.07. The summed E-state index contributed by atoms with van der Waals surface area (Å²) in [6.45, 7) is 0.686. The number of nitrogens with zero attached hydrogens (tertiary/aromatic N) is 1. The Labute approximate surface area is 111 Å². The summed E-state index contributed by atoms with van der Waals surface area (Å²) in [5.74, 6) is -2.77. The molecule has 0 unspecified atom stereocenters. The van der Waals surface area contributed by atoms with Crippen LogP contribution in [0.2, 0.25) is 0 Å². The molecular formula is C15H17F2NO. The molecule has 0 spiro atoms. The molecule has 0 bridgehead atoms. The third-order valence-electron chi connectivity index (χ3n) is 4.22. The molecule has 102 valence electrons. The summed E-state index contributed by atoms with van der Waals surface area (Å²) in [6.07, 6.45) is 1.18. The minimum absolute atomic E-state index is 0.0282. The average Bonchev–Trinajstić information content (AvgIpc) is 2.82. The normalized spacial score (nSPS) is 22.3. The molecule has 1 aromatic rings. The second kappa shape index (κ2) is 4.58. The summed E-state index contributed by atoms with van der Waals surface area (Å²) >= 11 is 0. The maximum absolute atomic E-state index is 13.1. The number of rotatable bonds is 1. The van der Waals surface area contributed by atoms with E-state index < -0.39 is 5.92 Å². The van der Waals surface area contributed by atoms with Crippen LogP contribution in [0.4, 0.5) is 14.5 Å². The van der Waals surface area contributed by atoms with Gasteiger partial charge >= 0.3 is 0 Å². The lowest BCUT2D eigenvalue weighted by atomic mass is 9.86. The minimum atomic E-state index is -2.57. The maximum Gasteiger partial charge on any atom is 0.248 e. The SMILES string of the molecule is O=C(C1CCC(F)(F)CC1)N1CCc2ccccc21. The Morgan fingerprint density at radius 2 is 1.89 bits per heavy atom. The molecule has 4 heteroatoms. The highest BCUT2D eigenvalue weighted by atomic mass is 19.3. The van der Waals surface area contributed by atoms with E-state index in [2.05, 4.69) is 0 Å². The van der Waals surface area contributed by atoms with Crippen LogP contribution >= 0.6 is 0 Å². The zero-order valence-electron chi connectivity index (χ0n) is 10.7. The van der Waals surface area contributed by atoms with Crippen molar-refractivity contribution in [1.29, 1.82) is 0 Å². The van der Waals surface area contributed by atoms with Gasteiger partial charge in [0.1, 0.15) is 0 Å². The number of anilines is 1. The Morgan fingerprint density at radius 1 is 1.21 bits per heavy atom. The lowest BCUT2D eigenvalue weighted by Crippen LogP contribution is -2.38. The molecule has 0 radical (unpaired) electrons. The zero-order chi connectivity index (χ0) is 13.5. The number of carbonyl (C=O) groups excluding carboxylic acids is 1. The van der Waals surface area contributed by atoms with Gasteiger partial charge in [-0.25, -0.2) is 8.78 Å². The average molecular weight is 265 g/mol. The van der Waals surface area contributed by atoms with Gasteiger partial charge in [-0.15, -0.1) is 0 Å². The van der Waals surface area contributed by atoms with Gasteiger partial charge in [-0.1, -0.05) is 18.2 Å². The summed E-state index contributed by atoms with van der Waals surface area (Å²) in [4.78, 5) is 14.2. The van der Waals surface area contributed by atoms with Crippen molar-refractivity contribution in [3.8, 4) is 0 Å². The topological polar surface area (TPSA) is 20.3 Å². The van der Waals surface area contributed by atoms with Gasteiger partial charge in [-0.2, -0.15) is 0 Å². The van der Waals surface area contributed by atoms with Crippen molar-refractivity contribution >= 4 is 11.6 Å². The summed E-state index contributed by atoms with van der Waals surface area (Å²) in [6, 6.07) is 7.85. The highest BCUT2D eigenvalue weighted by Crippen LogP contribution is 2.38. The van der Waals surface area contributed by atoms with Crippen LogP contribution in [0.15, 0.2) is 24.3 Å². The summed E-state index contributed by atoms with van der Waals surface area (Å²) in [5, 5.41) is 0. The molecule has 0 aromatic heterocycles. The Bertz CT molecular complexity index is 491. The molecule has 1 saturated carbocycles. The Kier molecular flexibility index (Phi) is 3.03. The lowest BCUT2D eigenvalue weighted by Gasteiger charge is -2.30. The molecular weight excluding hydrogens is 248 g/mol. The number of carbonyl (C=O) groups is 1. The van der Waals surface area contributed by atoms with Gasteiger partial charge in [0.15, 0.2) is 0 Å². The van der Waals surface area contributed by atoms with Crippen LogP contribution in [-0.4, -0.2) is 18.4 Å². The number of alkyl halides is 2. The van der Waals surface area contributed by atoms with E-state index >= 15 is 0 Å². The molecule has 0 atom stereocenters. The molecule has 19 heavy (non-hydrogen) atoms. The summed E-state index contributed by atoms with van der Waals surface area (Å²) in [5.41, 5.74) is 2.14. The van der Waals surface area contributed by atoms with Crippen LogP contribution in [0, 0.1) is 5.92 Å². The Morgan fingerprint density at radius 3 is 2.63 bits per heavy atom. The van der Waals surface area contributed by atoms with Crippen LogP contribution in [0.25, 0.3) is 0 Å². The lowest BCUT2D eigenvalue weighted by molar-refractivity contribution is -0.126. The second-order valence-electron chi connectivity index (χ2n) is 5.50. The van der Waals surface area contributed by atoms with Crippen molar-refractivity contribution in [3.05, 3.63) is 29.8 Å². The van der Waals surface area contributed by atoms with Crippen molar-refractivity contribution in [1.82, 2.24) is 0 Å². The molecule has 0 N–H and O–H groups in total. The number of benzene rings is 1. The van der Waals surface area contributed by atoms with Gasteiger partial charge in [0.25, 0.3) is 0 Å². The first-order valence-electron chi connectivity index (χ1n) is 6.84. The van der Waals surface area contributed by atoms with E-state index in [1.165, 1.54) is 5.56 Å². The monoisotopic (exact) mass is 265 g/mol. The second-order valence-corrected chi connectivity index (χ2v) is 5.50. The van der Waals surface area contributed by atoms with Crippen molar-refractivity contribution in [2.24, 2.45) is 5.92 Å². The van der Waals surface area contributed by atoms with Gasteiger partial charge in [0.05, 0.1) is 0 Å². The molecule has 2 nitrogen and oxygen atoms in total. The van der Waals surface area contributed by atoms with Crippen molar-refractivity contribution in [3.63, 3.8) is 0 Å². The predicted octanol–water partition coefficient (Wildman–Crippen LogP) is 3.40. The van der Waals surface area contributed by atoms with Crippen molar-refractivity contribution in [2.75, 3.05) is 11.4 Å². The number of para-hydroxylation sites is 1. The standard InChI is InChI=1S/C15H17F2NO/c16-15(17)8-5-12(6-9-15)14(19)18-10-7-11-3-1-2-4-13(11)18/h1-4,12H,5-10H2. The van der Waals surface area contributed by atoms with E-state index in [1.54, 1.807) is 4.90 Å². The van der Waals surface area contributed by atoms with Crippen LogP contribution in [-0.2, 0) is 11.2 Å². The van der Waals surface area contributed by atoms with E-state index in [4.69, 9.17) is 0 Å². The molecule has 1 heterocycles. The molecule has 1 amide bonds. The molecule has 1 fully saturated rings. The molecule has 3 rings (SSSR count).